The molecule has 0 unspecified atom stereocenters. The minimum absolute atomic E-state index is 0.0865. The minimum Gasteiger partial charge on any atom is -0.456 e. The Hall–Kier alpha value is -3.55. The van der Waals surface area contributed by atoms with E-state index in [0.717, 1.165) is 0 Å². The van der Waals surface area contributed by atoms with Gasteiger partial charge >= 0.3 is 17.7 Å². The van der Waals surface area contributed by atoms with Crippen molar-refractivity contribution in [2.75, 3.05) is 11.9 Å². The predicted molar refractivity (Wildman–Crippen MR) is 97.7 cm³/mol. The molecule has 2 aromatic heterocycles. The van der Waals surface area contributed by atoms with Gasteiger partial charge in [0.15, 0.2) is 0 Å². The first-order chi connectivity index (χ1) is 13.0. The van der Waals surface area contributed by atoms with E-state index < -0.39 is 17.7 Å². The van der Waals surface area contributed by atoms with Gasteiger partial charge in [0, 0.05) is 42.0 Å². The highest BCUT2D eigenvalue weighted by molar-refractivity contribution is 5.90. The number of ether oxygens (including phenoxy) is 2. The molecule has 0 bridgehead atoms. The number of hydrogen-bond acceptors (Lipinski definition) is 6. The Kier molecular flexibility index (Phi) is 5.25. The molecule has 0 fully saturated rings. The summed E-state index contributed by atoms with van der Waals surface area (Å²) in [5.74, 6) is -0.496. The van der Waals surface area contributed by atoms with E-state index in [4.69, 9.17) is 13.9 Å². The zero-order valence-corrected chi connectivity index (χ0v) is 14.9. The van der Waals surface area contributed by atoms with Crippen LogP contribution >= 0.6 is 0 Å². The molecule has 0 aliphatic heterocycles. The van der Waals surface area contributed by atoms with Crippen molar-refractivity contribution in [2.45, 2.75) is 13.5 Å². The molecule has 2 heterocycles. The van der Waals surface area contributed by atoms with Gasteiger partial charge in [-0.05, 0) is 31.2 Å². The number of aromatic nitrogens is 1. The maximum absolute atomic E-state index is 12.2. The van der Waals surface area contributed by atoms with Crippen molar-refractivity contribution in [2.24, 2.45) is 7.05 Å². The van der Waals surface area contributed by atoms with Gasteiger partial charge in [-0.3, -0.25) is 5.32 Å². The lowest BCUT2D eigenvalue weighted by Gasteiger charge is -2.09. The van der Waals surface area contributed by atoms with Crippen LogP contribution in [0.4, 0.5) is 10.5 Å². The summed E-state index contributed by atoms with van der Waals surface area (Å²) in [6.07, 6.45) is 1.13. The first kappa shape index (κ1) is 18.2. The largest absolute Gasteiger partial charge is 0.456 e. The first-order valence-corrected chi connectivity index (χ1v) is 8.27. The van der Waals surface area contributed by atoms with Gasteiger partial charge in [0.05, 0.1) is 6.61 Å². The maximum atomic E-state index is 12.2. The summed E-state index contributed by atoms with van der Waals surface area (Å²) in [5, 5.41) is 3.14. The fourth-order valence-corrected chi connectivity index (χ4v) is 2.60. The second kappa shape index (κ2) is 7.77. The van der Waals surface area contributed by atoms with Crippen LogP contribution in [0.1, 0.15) is 23.0 Å². The highest BCUT2D eigenvalue weighted by Gasteiger charge is 2.13. The number of nitrogens with zero attached hydrogens (tertiary/aromatic N) is 1. The molecular formula is C19H18N2O6. The van der Waals surface area contributed by atoms with Gasteiger partial charge in [-0.1, -0.05) is 0 Å². The van der Waals surface area contributed by atoms with Crippen LogP contribution in [-0.2, 0) is 23.1 Å². The Bertz CT molecular complexity index is 1050. The lowest BCUT2D eigenvalue weighted by molar-refractivity contribution is 0.0462. The van der Waals surface area contributed by atoms with Crippen molar-refractivity contribution < 1.29 is 23.5 Å². The molecule has 8 nitrogen and oxygen atoms in total. The minimum atomic E-state index is -0.605. The molecule has 8 heteroatoms. The van der Waals surface area contributed by atoms with Gasteiger partial charge in [-0.25, -0.2) is 14.4 Å². The number of nitrogens with one attached hydrogen (secondary N) is 1. The highest BCUT2D eigenvalue weighted by Crippen LogP contribution is 2.22. The maximum Gasteiger partial charge on any atom is 0.411 e. The van der Waals surface area contributed by atoms with Crippen LogP contribution in [0, 0.1) is 0 Å². The third kappa shape index (κ3) is 4.17. The number of amides is 1. The molecular weight excluding hydrogens is 352 g/mol. The summed E-state index contributed by atoms with van der Waals surface area (Å²) in [6.45, 7) is 1.85. The second-order valence-corrected chi connectivity index (χ2v) is 5.73. The smallest absolute Gasteiger partial charge is 0.411 e. The monoisotopic (exact) mass is 370 g/mol. The van der Waals surface area contributed by atoms with E-state index in [1.165, 1.54) is 12.1 Å². The van der Waals surface area contributed by atoms with Gasteiger partial charge in [0.25, 0.3) is 0 Å². The van der Waals surface area contributed by atoms with Gasteiger partial charge in [0.2, 0.25) is 0 Å². The first-order valence-electron chi connectivity index (χ1n) is 8.27. The quantitative estimate of drug-likeness (QED) is 0.547. The number of esters is 1. The van der Waals surface area contributed by atoms with Crippen LogP contribution in [0.3, 0.4) is 0 Å². The second-order valence-electron chi connectivity index (χ2n) is 5.73. The summed E-state index contributed by atoms with van der Waals surface area (Å²) < 4.78 is 17.0. The molecule has 1 amide bonds. The molecule has 3 aromatic rings. The number of aryl methyl sites for hydroxylation is 1. The SMILES string of the molecule is CCOC(=O)Nc1ccc2c(COC(=O)c3cccn3C)cc(=O)oc2c1. The van der Waals surface area contributed by atoms with Crippen molar-refractivity contribution in [3.8, 4) is 0 Å². The van der Waals surface area contributed by atoms with Crippen LogP contribution < -0.4 is 10.9 Å². The van der Waals surface area contributed by atoms with Crippen molar-refractivity contribution in [3.63, 3.8) is 0 Å². The van der Waals surface area contributed by atoms with Gasteiger partial charge in [-0.15, -0.1) is 0 Å². The van der Waals surface area contributed by atoms with E-state index in [0.29, 0.717) is 22.3 Å². The van der Waals surface area contributed by atoms with Crippen LogP contribution in [0.15, 0.2) is 51.8 Å². The molecule has 0 aliphatic rings. The molecule has 0 aliphatic carbocycles. The molecule has 0 spiro atoms. The Morgan fingerprint density at radius 3 is 2.70 bits per heavy atom. The van der Waals surface area contributed by atoms with E-state index in [-0.39, 0.29) is 18.8 Å². The van der Waals surface area contributed by atoms with Gasteiger partial charge in [-0.2, -0.15) is 0 Å². The van der Waals surface area contributed by atoms with Crippen LogP contribution in [0.25, 0.3) is 11.0 Å². The van der Waals surface area contributed by atoms with Gasteiger partial charge in [0.1, 0.15) is 17.9 Å². The van der Waals surface area contributed by atoms with E-state index in [9.17, 15) is 14.4 Å². The molecule has 27 heavy (non-hydrogen) atoms. The third-order valence-corrected chi connectivity index (χ3v) is 3.86. The van der Waals surface area contributed by atoms with E-state index in [1.807, 2.05) is 0 Å². The van der Waals surface area contributed by atoms with Crippen LogP contribution in [-0.4, -0.2) is 23.2 Å². The zero-order valence-electron chi connectivity index (χ0n) is 14.9. The van der Waals surface area contributed by atoms with Crippen LogP contribution in [0.2, 0.25) is 0 Å². The summed E-state index contributed by atoms with van der Waals surface area (Å²) >= 11 is 0. The average molecular weight is 370 g/mol. The number of benzene rings is 1. The lowest BCUT2D eigenvalue weighted by atomic mass is 10.1. The number of carbonyl (C=O) groups is 2. The molecule has 3 rings (SSSR count). The van der Waals surface area contributed by atoms with Gasteiger partial charge < -0.3 is 18.5 Å². The summed E-state index contributed by atoms with van der Waals surface area (Å²) in [4.78, 5) is 35.5. The molecule has 140 valence electrons. The number of fused-ring (bicyclic) bond motifs is 1. The Labute approximate surface area is 154 Å². The van der Waals surface area contributed by atoms with Crippen LogP contribution in [0.5, 0.6) is 0 Å². The molecule has 1 N–H and O–H groups in total. The highest BCUT2D eigenvalue weighted by atomic mass is 16.5. The van der Waals surface area contributed by atoms with Crippen molar-refractivity contribution in [1.82, 2.24) is 4.57 Å². The Balaban J connectivity index is 1.83. The molecule has 0 saturated carbocycles. The molecule has 1 aromatic carbocycles. The molecule has 0 radical (unpaired) electrons. The Morgan fingerprint density at radius 1 is 1.19 bits per heavy atom. The average Bonchev–Trinajstić information content (AvgIpc) is 3.05. The van der Waals surface area contributed by atoms with E-state index in [2.05, 4.69) is 5.32 Å². The topological polar surface area (TPSA) is 99.8 Å². The zero-order chi connectivity index (χ0) is 19.4. The number of hydrogen-bond donors (Lipinski definition) is 1. The number of rotatable bonds is 5. The normalized spacial score (nSPS) is 10.6. The fraction of sp³-hybridized carbons (Fsp3) is 0.211. The lowest BCUT2D eigenvalue weighted by Crippen LogP contribution is -2.13. The summed E-state index contributed by atoms with van der Waals surface area (Å²) in [5.41, 5.74) is 1.01. The van der Waals surface area contributed by atoms with Crippen molar-refractivity contribution in [3.05, 3.63) is 64.3 Å². The predicted octanol–water partition coefficient (Wildman–Crippen LogP) is 3.06. The Morgan fingerprint density at radius 2 is 2.00 bits per heavy atom. The molecule has 0 atom stereocenters. The number of carbonyl (C=O) groups excluding carboxylic acids is 2. The van der Waals surface area contributed by atoms with E-state index >= 15 is 0 Å². The number of anilines is 1. The van der Waals surface area contributed by atoms with Crippen molar-refractivity contribution >= 4 is 28.7 Å². The van der Waals surface area contributed by atoms with Crippen molar-refractivity contribution in [1.29, 1.82) is 0 Å². The van der Waals surface area contributed by atoms with E-state index in [1.54, 1.807) is 49.0 Å². The standard InChI is InChI=1S/C19H18N2O6/c1-3-25-19(24)20-13-6-7-14-12(9-17(22)27-16(14)10-13)11-26-18(23)15-5-4-8-21(15)2/h4-10H,3,11H2,1-2H3,(H,20,24). The fourth-order valence-electron chi connectivity index (χ4n) is 2.60. The third-order valence-electron chi connectivity index (χ3n) is 3.86. The summed E-state index contributed by atoms with van der Waals surface area (Å²) in [6, 6.07) is 9.48. The molecule has 0 saturated heterocycles. The summed E-state index contributed by atoms with van der Waals surface area (Å²) in [7, 11) is 1.74.